The molecule has 0 saturated heterocycles. The number of carbonyl (C=O) groups excluding carboxylic acids is 1. The van der Waals surface area contributed by atoms with Gasteiger partial charge in [-0.3, -0.25) is 10.6 Å². The van der Waals surface area contributed by atoms with E-state index in [1.165, 1.54) is 5.56 Å². The molecule has 0 aliphatic carbocycles. The summed E-state index contributed by atoms with van der Waals surface area (Å²) in [7, 11) is 1.76. The van der Waals surface area contributed by atoms with Crippen LogP contribution in [0.2, 0.25) is 5.02 Å². The van der Waals surface area contributed by atoms with Gasteiger partial charge in [0.05, 0.1) is 11.3 Å². The number of nitrogens with two attached hydrogens (primary N) is 1. The van der Waals surface area contributed by atoms with Crippen molar-refractivity contribution in [3.63, 3.8) is 0 Å². The van der Waals surface area contributed by atoms with Crippen LogP contribution in [0, 0.1) is 6.92 Å². The van der Waals surface area contributed by atoms with Gasteiger partial charge in [-0.1, -0.05) is 41.4 Å². The Kier molecular flexibility index (Phi) is 4.83. The fourth-order valence-corrected chi connectivity index (χ4v) is 2.35. The number of nitrogens with one attached hydrogen (secondary N) is 1. The van der Waals surface area contributed by atoms with Crippen LogP contribution in [-0.2, 0) is 6.54 Å². The van der Waals surface area contributed by atoms with Crippen molar-refractivity contribution in [2.45, 2.75) is 13.5 Å². The van der Waals surface area contributed by atoms with E-state index in [4.69, 9.17) is 17.4 Å². The zero-order valence-electron chi connectivity index (χ0n) is 12.1. The fraction of sp³-hybridized carbons (Fsp3) is 0.188. The number of amides is 1. The largest absolute Gasteiger partial charge is 0.337 e. The number of halogens is 1. The number of hydrogen-bond donors (Lipinski definition) is 2. The summed E-state index contributed by atoms with van der Waals surface area (Å²) in [6.45, 7) is 2.55. The standard InChI is InChI=1S/C16H18ClN3O/c1-11-4-3-5-12(8-11)10-20(2)16(21)14-9-13(17)6-7-15(14)19-18/h3-9,19H,10,18H2,1-2H3. The molecule has 0 aliphatic rings. The van der Waals surface area contributed by atoms with Crippen molar-refractivity contribution >= 4 is 23.2 Å². The molecule has 2 aromatic rings. The van der Waals surface area contributed by atoms with Gasteiger partial charge in [-0.2, -0.15) is 0 Å². The summed E-state index contributed by atoms with van der Waals surface area (Å²) in [5, 5.41) is 0.501. The van der Waals surface area contributed by atoms with Gasteiger partial charge >= 0.3 is 0 Å². The third-order valence-corrected chi connectivity index (χ3v) is 3.45. The van der Waals surface area contributed by atoms with Gasteiger partial charge in [0.15, 0.2) is 0 Å². The highest BCUT2D eigenvalue weighted by Crippen LogP contribution is 2.22. The SMILES string of the molecule is Cc1cccc(CN(C)C(=O)c2cc(Cl)ccc2NN)c1. The molecule has 2 aromatic carbocycles. The molecule has 0 heterocycles. The average Bonchev–Trinajstić information content (AvgIpc) is 2.46. The summed E-state index contributed by atoms with van der Waals surface area (Å²) in [5.74, 6) is 5.31. The number of nitrogens with zero attached hydrogens (tertiary/aromatic N) is 1. The molecule has 2 rings (SSSR count). The van der Waals surface area contributed by atoms with Gasteiger partial charge in [0.25, 0.3) is 5.91 Å². The molecule has 0 saturated carbocycles. The third-order valence-electron chi connectivity index (χ3n) is 3.22. The molecule has 4 nitrogen and oxygen atoms in total. The van der Waals surface area contributed by atoms with Crippen molar-refractivity contribution in [3.8, 4) is 0 Å². The Morgan fingerprint density at radius 3 is 2.71 bits per heavy atom. The summed E-state index contributed by atoms with van der Waals surface area (Å²) in [6, 6.07) is 13.1. The molecule has 0 unspecified atom stereocenters. The minimum absolute atomic E-state index is 0.132. The Labute approximate surface area is 129 Å². The number of benzene rings is 2. The molecule has 1 amide bonds. The molecule has 3 N–H and O–H groups in total. The van der Waals surface area contributed by atoms with Gasteiger partial charge < -0.3 is 10.3 Å². The highest BCUT2D eigenvalue weighted by molar-refractivity contribution is 6.31. The van der Waals surface area contributed by atoms with Gasteiger partial charge in [-0.05, 0) is 30.7 Å². The van der Waals surface area contributed by atoms with E-state index in [-0.39, 0.29) is 5.91 Å². The van der Waals surface area contributed by atoms with E-state index in [0.29, 0.717) is 22.8 Å². The van der Waals surface area contributed by atoms with Crippen molar-refractivity contribution in [1.82, 2.24) is 4.90 Å². The normalized spacial score (nSPS) is 10.3. The first-order valence-electron chi connectivity index (χ1n) is 6.58. The lowest BCUT2D eigenvalue weighted by Crippen LogP contribution is -2.27. The Morgan fingerprint density at radius 2 is 2.05 bits per heavy atom. The minimum Gasteiger partial charge on any atom is -0.337 e. The van der Waals surface area contributed by atoms with Crippen molar-refractivity contribution in [2.75, 3.05) is 12.5 Å². The zero-order valence-corrected chi connectivity index (χ0v) is 12.8. The van der Waals surface area contributed by atoms with E-state index < -0.39 is 0 Å². The highest BCUT2D eigenvalue weighted by atomic mass is 35.5. The molecule has 0 fully saturated rings. The van der Waals surface area contributed by atoms with Crippen LogP contribution in [0.25, 0.3) is 0 Å². The van der Waals surface area contributed by atoms with E-state index >= 15 is 0 Å². The second-order valence-corrected chi connectivity index (χ2v) is 5.42. The highest BCUT2D eigenvalue weighted by Gasteiger charge is 2.16. The molecule has 0 aromatic heterocycles. The molecule has 0 bridgehead atoms. The maximum Gasteiger partial charge on any atom is 0.256 e. The molecule has 21 heavy (non-hydrogen) atoms. The van der Waals surface area contributed by atoms with Crippen molar-refractivity contribution < 1.29 is 4.79 Å². The number of carbonyl (C=O) groups is 1. The second-order valence-electron chi connectivity index (χ2n) is 4.98. The Bertz CT molecular complexity index is 658. The van der Waals surface area contributed by atoms with Crippen LogP contribution in [0.1, 0.15) is 21.5 Å². The lowest BCUT2D eigenvalue weighted by atomic mass is 10.1. The van der Waals surface area contributed by atoms with Crippen LogP contribution in [0.5, 0.6) is 0 Å². The zero-order chi connectivity index (χ0) is 15.4. The molecule has 0 spiro atoms. The minimum atomic E-state index is -0.132. The van der Waals surface area contributed by atoms with Gasteiger partial charge in [-0.15, -0.1) is 0 Å². The van der Waals surface area contributed by atoms with Gasteiger partial charge in [0.2, 0.25) is 0 Å². The first-order chi connectivity index (χ1) is 10.0. The number of aryl methyl sites for hydroxylation is 1. The third kappa shape index (κ3) is 3.74. The summed E-state index contributed by atoms with van der Waals surface area (Å²) >= 11 is 5.96. The predicted octanol–water partition coefficient (Wildman–Crippen LogP) is 3.21. The van der Waals surface area contributed by atoms with Gasteiger partial charge in [0.1, 0.15) is 0 Å². The van der Waals surface area contributed by atoms with Crippen molar-refractivity contribution in [3.05, 3.63) is 64.2 Å². The number of hydrazine groups is 1. The van der Waals surface area contributed by atoms with Crippen molar-refractivity contribution in [2.24, 2.45) is 5.84 Å². The lowest BCUT2D eigenvalue weighted by molar-refractivity contribution is 0.0786. The summed E-state index contributed by atoms with van der Waals surface area (Å²) in [4.78, 5) is 14.2. The van der Waals surface area contributed by atoms with Crippen LogP contribution in [-0.4, -0.2) is 17.9 Å². The Hall–Kier alpha value is -2.04. The Balaban J connectivity index is 2.21. The first-order valence-corrected chi connectivity index (χ1v) is 6.96. The van der Waals surface area contributed by atoms with Crippen LogP contribution < -0.4 is 11.3 Å². The van der Waals surface area contributed by atoms with Crippen LogP contribution >= 0.6 is 11.6 Å². The molecule has 0 aliphatic heterocycles. The van der Waals surface area contributed by atoms with E-state index in [9.17, 15) is 4.79 Å². The number of anilines is 1. The number of hydrogen-bond acceptors (Lipinski definition) is 3. The Morgan fingerprint density at radius 1 is 1.29 bits per heavy atom. The molecular weight excluding hydrogens is 286 g/mol. The monoisotopic (exact) mass is 303 g/mol. The average molecular weight is 304 g/mol. The van der Waals surface area contributed by atoms with E-state index in [1.807, 2.05) is 25.1 Å². The lowest BCUT2D eigenvalue weighted by Gasteiger charge is -2.19. The maximum absolute atomic E-state index is 12.5. The molecule has 0 radical (unpaired) electrons. The van der Waals surface area contributed by atoms with Gasteiger partial charge in [-0.25, -0.2) is 0 Å². The quantitative estimate of drug-likeness (QED) is 0.673. The predicted molar refractivity (Wildman–Crippen MR) is 86.2 cm³/mol. The van der Waals surface area contributed by atoms with Crippen LogP contribution in [0.3, 0.4) is 0 Å². The number of nitrogen functional groups attached to an aromatic ring is 1. The molecule has 5 heteroatoms. The maximum atomic E-state index is 12.5. The molecule has 0 atom stereocenters. The van der Waals surface area contributed by atoms with E-state index in [2.05, 4.69) is 11.5 Å². The van der Waals surface area contributed by atoms with Crippen LogP contribution in [0.15, 0.2) is 42.5 Å². The summed E-state index contributed by atoms with van der Waals surface area (Å²) in [6.07, 6.45) is 0. The summed E-state index contributed by atoms with van der Waals surface area (Å²) < 4.78 is 0. The molecule has 110 valence electrons. The fourth-order valence-electron chi connectivity index (χ4n) is 2.18. The second kappa shape index (κ2) is 6.61. The smallest absolute Gasteiger partial charge is 0.256 e. The topological polar surface area (TPSA) is 58.4 Å². The summed E-state index contributed by atoms with van der Waals surface area (Å²) in [5.41, 5.74) is 5.79. The van der Waals surface area contributed by atoms with E-state index in [1.54, 1.807) is 30.1 Å². The van der Waals surface area contributed by atoms with Crippen molar-refractivity contribution in [1.29, 1.82) is 0 Å². The first kappa shape index (κ1) is 15.4. The van der Waals surface area contributed by atoms with Crippen LogP contribution in [0.4, 0.5) is 5.69 Å². The van der Waals surface area contributed by atoms with E-state index in [0.717, 1.165) is 5.56 Å². The molecular formula is C16H18ClN3O. The number of rotatable bonds is 4. The van der Waals surface area contributed by atoms with Gasteiger partial charge in [0, 0.05) is 18.6 Å².